The van der Waals surface area contributed by atoms with Crippen LogP contribution in [0.5, 0.6) is 0 Å². The molecule has 2 rings (SSSR count). The molecule has 0 aliphatic carbocycles. The molecule has 0 aromatic carbocycles. The molecule has 2 aliphatic heterocycles. The zero-order valence-electron chi connectivity index (χ0n) is 11.0. The Morgan fingerprint density at radius 2 is 0.842 bits per heavy atom. The molecule has 110 valence electrons. The molecule has 0 spiro atoms. The van der Waals surface area contributed by atoms with Gasteiger partial charge in [-0.2, -0.15) is 0 Å². The molecule has 7 heteroatoms. The van der Waals surface area contributed by atoms with Crippen molar-refractivity contribution in [2.24, 2.45) is 0 Å². The maximum absolute atomic E-state index is 7.13. The van der Waals surface area contributed by atoms with Gasteiger partial charge in [0, 0.05) is 0 Å². The molecule has 2 aliphatic rings. The van der Waals surface area contributed by atoms with Crippen molar-refractivity contribution in [2.75, 3.05) is 26.2 Å². The van der Waals surface area contributed by atoms with Crippen LogP contribution in [-0.2, 0) is 46.3 Å². The van der Waals surface area contributed by atoms with Crippen molar-refractivity contribution in [1.82, 2.24) is 0 Å². The maximum atomic E-state index is 7.13. The fraction of sp³-hybridized carbons (Fsp3) is 0.833. The average Bonchev–Trinajstić information content (AvgIpc) is 2.45. The van der Waals surface area contributed by atoms with Crippen LogP contribution in [0.4, 0.5) is 0 Å². The molecular weight excluding hydrogens is 459 g/mol. The van der Waals surface area contributed by atoms with Gasteiger partial charge in [-0.15, -0.1) is 26.2 Å². The smallest absolute Gasteiger partial charge is 0.696 e. The van der Waals surface area contributed by atoms with Crippen molar-refractivity contribution in [3.8, 4) is 10.8 Å². The molecule has 0 aromatic heterocycles. The van der Waals surface area contributed by atoms with Gasteiger partial charge in [0.15, 0.2) is 0 Å². The van der Waals surface area contributed by atoms with Crippen molar-refractivity contribution < 1.29 is 21.1 Å². The standard InChI is InChI=1S/2C5H10N.2CHNS.Pt/c2*1-2-4-6-5-3-1;2*2-1-3;/h2*1-5H2;2*3H;/q2*-1;;;+4/p-2. The third kappa shape index (κ3) is 32.0. The third-order valence-electron chi connectivity index (χ3n) is 2.26. The van der Waals surface area contributed by atoms with Crippen LogP contribution in [-0.4, -0.2) is 26.2 Å². The summed E-state index contributed by atoms with van der Waals surface area (Å²) in [4.78, 5) is 0. The van der Waals surface area contributed by atoms with E-state index in [0.717, 1.165) is 26.2 Å². The number of hydrogen-bond acceptors (Lipinski definition) is 4. The van der Waals surface area contributed by atoms with E-state index < -0.39 is 0 Å². The molecule has 0 bridgehead atoms. The van der Waals surface area contributed by atoms with Crippen molar-refractivity contribution in [2.45, 2.75) is 38.5 Å². The van der Waals surface area contributed by atoms with Crippen LogP contribution in [0.15, 0.2) is 0 Å². The number of nitriles is 2. The molecule has 2 heterocycles. The number of thiocyanates is 2. The Bertz CT molecular complexity index is 174. The molecule has 0 saturated carbocycles. The molecule has 2 saturated heterocycles. The van der Waals surface area contributed by atoms with Crippen LogP contribution >= 0.6 is 0 Å². The second kappa shape index (κ2) is 26.6. The van der Waals surface area contributed by atoms with Gasteiger partial charge in [-0.25, -0.2) is 10.5 Å². The van der Waals surface area contributed by atoms with E-state index in [-0.39, 0.29) is 21.1 Å². The Hall–Kier alpha value is 0.0283. The molecule has 0 aromatic rings. The summed E-state index contributed by atoms with van der Waals surface area (Å²) in [5, 5.41) is 25.3. The maximum Gasteiger partial charge on any atom is 4.00 e. The number of rotatable bonds is 0. The molecule has 0 unspecified atom stereocenters. The van der Waals surface area contributed by atoms with E-state index in [1.165, 1.54) is 49.3 Å². The third-order valence-corrected chi connectivity index (χ3v) is 2.26. The second-order valence-corrected chi connectivity index (χ2v) is 4.01. The predicted octanol–water partition coefficient (Wildman–Crippen LogP) is 3.11. The Morgan fingerprint density at radius 3 is 0.895 bits per heavy atom. The molecule has 0 N–H and O–H groups in total. The summed E-state index contributed by atoms with van der Waals surface area (Å²) in [6.45, 7) is 4.50. The van der Waals surface area contributed by atoms with E-state index in [0.29, 0.717) is 0 Å². The van der Waals surface area contributed by atoms with Crippen LogP contribution < -0.4 is 0 Å². The molecule has 0 radical (unpaired) electrons. The minimum Gasteiger partial charge on any atom is -0.696 e. The second-order valence-electron chi connectivity index (χ2n) is 3.65. The Labute approximate surface area is 142 Å². The van der Waals surface area contributed by atoms with Crippen molar-refractivity contribution in [1.29, 1.82) is 10.5 Å². The monoisotopic (exact) mass is 479 g/mol. The van der Waals surface area contributed by atoms with Crippen LogP contribution in [0.25, 0.3) is 10.6 Å². The molecule has 0 atom stereocenters. The quantitative estimate of drug-likeness (QED) is 0.395. The van der Waals surface area contributed by atoms with Crippen LogP contribution in [0, 0.1) is 21.3 Å². The van der Waals surface area contributed by atoms with E-state index in [4.69, 9.17) is 10.5 Å². The van der Waals surface area contributed by atoms with Gasteiger partial charge in [0.25, 0.3) is 0 Å². The van der Waals surface area contributed by atoms with E-state index in [9.17, 15) is 0 Å². The average molecular weight is 480 g/mol. The largest absolute Gasteiger partial charge is 4.00 e. The Kier molecular flexibility index (Phi) is 33.7. The van der Waals surface area contributed by atoms with Crippen LogP contribution in [0.2, 0.25) is 0 Å². The molecular formula is C12H20N4PtS2. The van der Waals surface area contributed by atoms with Gasteiger partial charge in [0.1, 0.15) is 0 Å². The van der Waals surface area contributed by atoms with Gasteiger partial charge in [0.05, 0.1) is 0 Å². The SMILES string of the molecule is C1CC[N-]CC1.C1CC[N-]CC1.N#C[S-].N#C[S-].[Pt+4]. The topological polar surface area (TPSA) is 75.8 Å². The van der Waals surface area contributed by atoms with Crippen molar-refractivity contribution >= 4 is 25.3 Å². The summed E-state index contributed by atoms with van der Waals surface area (Å²) in [7, 11) is 0. The first-order chi connectivity index (χ1) is 8.83. The number of hydrogen-bond donors (Lipinski definition) is 0. The molecule has 0 amide bonds. The summed E-state index contributed by atoms with van der Waals surface area (Å²) < 4.78 is 0. The van der Waals surface area contributed by atoms with Gasteiger partial charge in [-0.3, -0.25) is 0 Å². The van der Waals surface area contributed by atoms with E-state index in [2.05, 4.69) is 35.9 Å². The fourth-order valence-electron chi connectivity index (χ4n) is 1.47. The predicted molar refractivity (Wildman–Crippen MR) is 79.8 cm³/mol. The molecule has 19 heavy (non-hydrogen) atoms. The summed E-state index contributed by atoms with van der Waals surface area (Å²) in [6, 6.07) is 0. The van der Waals surface area contributed by atoms with Crippen molar-refractivity contribution in [3.63, 3.8) is 0 Å². The summed E-state index contributed by atoms with van der Waals surface area (Å²) in [5.74, 6) is 0. The summed E-state index contributed by atoms with van der Waals surface area (Å²) in [6.07, 6.45) is 8.15. The van der Waals surface area contributed by atoms with Gasteiger partial charge >= 0.3 is 21.1 Å². The van der Waals surface area contributed by atoms with Gasteiger partial charge in [-0.1, -0.05) is 49.3 Å². The fourth-order valence-corrected chi connectivity index (χ4v) is 1.47. The Morgan fingerprint density at radius 1 is 0.632 bits per heavy atom. The number of piperidine rings is 2. The van der Waals surface area contributed by atoms with E-state index >= 15 is 0 Å². The first kappa shape index (κ1) is 24.1. The van der Waals surface area contributed by atoms with Crippen molar-refractivity contribution in [3.05, 3.63) is 10.6 Å². The zero-order valence-corrected chi connectivity index (χ0v) is 14.9. The summed E-state index contributed by atoms with van der Waals surface area (Å²) >= 11 is 7.40. The summed E-state index contributed by atoms with van der Waals surface area (Å²) in [5.41, 5.74) is 0. The normalized spacial score (nSPS) is 15.9. The molecule has 4 nitrogen and oxygen atoms in total. The zero-order chi connectivity index (χ0) is 13.9. The van der Waals surface area contributed by atoms with Gasteiger partial charge in [0.2, 0.25) is 0 Å². The first-order valence-corrected chi connectivity index (χ1v) is 6.94. The first-order valence-electron chi connectivity index (χ1n) is 6.12. The Balaban J connectivity index is -0.000000188. The minimum absolute atomic E-state index is 0. The molecule has 2 fully saturated rings. The van der Waals surface area contributed by atoms with Gasteiger partial charge < -0.3 is 35.9 Å². The van der Waals surface area contributed by atoms with Crippen LogP contribution in [0.3, 0.4) is 0 Å². The van der Waals surface area contributed by atoms with Crippen LogP contribution in [0.1, 0.15) is 38.5 Å². The number of nitrogens with zero attached hydrogens (tertiary/aromatic N) is 4. The van der Waals surface area contributed by atoms with E-state index in [1.807, 2.05) is 0 Å². The van der Waals surface area contributed by atoms with E-state index in [1.54, 1.807) is 0 Å². The van der Waals surface area contributed by atoms with Gasteiger partial charge in [-0.05, 0) is 0 Å². The minimum atomic E-state index is 0.